The van der Waals surface area contributed by atoms with Crippen molar-refractivity contribution in [3.63, 3.8) is 0 Å². The summed E-state index contributed by atoms with van der Waals surface area (Å²) in [7, 11) is 0. The Morgan fingerprint density at radius 1 is 1.56 bits per heavy atom. The molecule has 16 heavy (non-hydrogen) atoms. The van der Waals surface area contributed by atoms with Gasteiger partial charge in [0, 0.05) is 4.47 Å². The minimum absolute atomic E-state index is 0.0360. The van der Waals surface area contributed by atoms with Crippen LogP contribution < -0.4 is 5.32 Å². The van der Waals surface area contributed by atoms with E-state index in [9.17, 15) is 4.79 Å². The molecule has 4 heteroatoms. The van der Waals surface area contributed by atoms with Crippen molar-refractivity contribution in [2.75, 3.05) is 6.61 Å². The Balaban J connectivity index is 2.83. The molecule has 1 rings (SSSR count). The maximum Gasteiger partial charge on any atom is 0.252 e. The van der Waals surface area contributed by atoms with Gasteiger partial charge in [0.15, 0.2) is 0 Å². The molecule has 88 valence electrons. The summed E-state index contributed by atoms with van der Waals surface area (Å²) < 4.78 is 0.767. The predicted octanol–water partition coefficient (Wildman–Crippen LogP) is 2.26. The number of hydrogen-bond donors (Lipinski definition) is 2. The number of aliphatic hydroxyl groups is 1. The molecule has 0 heterocycles. The highest BCUT2D eigenvalue weighted by Crippen LogP contribution is 2.18. The molecule has 0 aliphatic carbocycles. The van der Waals surface area contributed by atoms with Crippen LogP contribution >= 0.6 is 15.9 Å². The molecule has 1 atom stereocenters. The summed E-state index contributed by atoms with van der Waals surface area (Å²) in [4.78, 5) is 11.9. The molecular weight excluding hydrogens is 270 g/mol. The molecule has 0 aliphatic heterocycles. The fourth-order valence-corrected chi connectivity index (χ4v) is 1.78. The molecule has 0 bridgehead atoms. The van der Waals surface area contributed by atoms with Crippen LogP contribution in [-0.4, -0.2) is 23.7 Å². The molecule has 0 radical (unpaired) electrons. The first-order valence-corrected chi connectivity index (χ1v) is 6.05. The number of carbonyl (C=O) groups is 1. The average Bonchev–Trinajstić information content (AvgIpc) is 2.28. The molecule has 0 saturated heterocycles. The van der Waals surface area contributed by atoms with Crippen LogP contribution in [0, 0.1) is 6.92 Å². The topological polar surface area (TPSA) is 49.3 Å². The van der Waals surface area contributed by atoms with E-state index in [0.29, 0.717) is 12.0 Å². The highest BCUT2D eigenvalue weighted by atomic mass is 79.9. The molecule has 1 amide bonds. The molecule has 1 unspecified atom stereocenters. The number of carbonyl (C=O) groups excluding carboxylic acids is 1. The summed E-state index contributed by atoms with van der Waals surface area (Å²) >= 11 is 3.34. The quantitative estimate of drug-likeness (QED) is 0.892. The Labute approximate surface area is 104 Å². The SMILES string of the molecule is CCC(CO)NC(=O)c1cc(C)ccc1Br. The highest BCUT2D eigenvalue weighted by molar-refractivity contribution is 9.10. The zero-order valence-corrected chi connectivity index (χ0v) is 11.0. The van der Waals surface area contributed by atoms with E-state index >= 15 is 0 Å². The standard InChI is InChI=1S/C12H16BrNO2/c1-3-9(7-15)14-12(16)10-6-8(2)4-5-11(10)13/h4-6,9,15H,3,7H2,1-2H3,(H,14,16). The Hall–Kier alpha value is -0.870. The lowest BCUT2D eigenvalue weighted by Crippen LogP contribution is -2.37. The summed E-state index contributed by atoms with van der Waals surface area (Å²) in [6.45, 7) is 3.82. The maximum atomic E-state index is 11.9. The lowest BCUT2D eigenvalue weighted by Gasteiger charge is -2.14. The minimum atomic E-state index is -0.181. The number of amides is 1. The second-order valence-corrected chi connectivity index (χ2v) is 4.60. The van der Waals surface area contributed by atoms with E-state index in [1.165, 1.54) is 0 Å². The monoisotopic (exact) mass is 285 g/mol. The van der Waals surface area contributed by atoms with Crippen LogP contribution in [0.2, 0.25) is 0 Å². The first kappa shape index (κ1) is 13.2. The summed E-state index contributed by atoms with van der Waals surface area (Å²) in [6.07, 6.45) is 0.714. The van der Waals surface area contributed by atoms with Crippen LogP contribution in [0.15, 0.2) is 22.7 Å². The van der Waals surface area contributed by atoms with Crippen molar-refractivity contribution in [1.82, 2.24) is 5.32 Å². The third-order valence-electron chi connectivity index (χ3n) is 2.41. The largest absolute Gasteiger partial charge is 0.394 e. The number of nitrogens with one attached hydrogen (secondary N) is 1. The van der Waals surface area contributed by atoms with E-state index in [-0.39, 0.29) is 18.6 Å². The Morgan fingerprint density at radius 2 is 2.25 bits per heavy atom. The second-order valence-electron chi connectivity index (χ2n) is 3.74. The van der Waals surface area contributed by atoms with Crippen LogP contribution in [0.4, 0.5) is 0 Å². The fraction of sp³-hybridized carbons (Fsp3) is 0.417. The van der Waals surface area contributed by atoms with Gasteiger partial charge in [0.05, 0.1) is 18.2 Å². The lowest BCUT2D eigenvalue weighted by molar-refractivity contribution is 0.0914. The van der Waals surface area contributed by atoms with Crippen molar-refractivity contribution in [3.05, 3.63) is 33.8 Å². The van der Waals surface area contributed by atoms with Crippen LogP contribution in [0.1, 0.15) is 29.3 Å². The molecule has 3 nitrogen and oxygen atoms in total. The smallest absolute Gasteiger partial charge is 0.252 e. The summed E-state index contributed by atoms with van der Waals surface area (Å²) in [6, 6.07) is 5.43. The van der Waals surface area contributed by atoms with Gasteiger partial charge in [-0.15, -0.1) is 0 Å². The van der Waals surface area contributed by atoms with Crippen LogP contribution in [0.25, 0.3) is 0 Å². The van der Waals surface area contributed by atoms with Gasteiger partial charge in [0.1, 0.15) is 0 Å². The Morgan fingerprint density at radius 3 is 2.81 bits per heavy atom. The van der Waals surface area contributed by atoms with Crippen LogP contribution in [0.5, 0.6) is 0 Å². The van der Waals surface area contributed by atoms with Gasteiger partial charge in [-0.3, -0.25) is 4.79 Å². The third kappa shape index (κ3) is 3.32. The number of rotatable bonds is 4. The van der Waals surface area contributed by atoms with E-state index in [1.807, 2.05) is 32.0 Å². The van der Waals surface area contributed by atoms with E-state index in [4.69, 9.17) is 5.11 Å². The van der Waals surface area contributed by atoms with Crippen molar-refractivity contribution in [3.8, 4) is 0 Å². The number of benzene rings is 1. The normalized spacial score (nSPS) is 12.2. The van der Waals surface area contributed by atoms with Crippen molar-refractivity contribution in [2.24, 2.45) is 0 Å². The summed E-state index contributed by atoms with van der Waals surface area (Å²) in [5.74, 6) is -0.156. The Bertz CT molecular complexity index is 375. The maximum absolute atomic E-state index is 11.9. The van der Waals surface area contributed by atoms with Crippen LogP contribution in [-0.2, 0) is 0 Å². The van der Waals surface area contributed by atoms with Gasteiger partial charge in [-0.2, -0.15) is 0 Å². The Kier molecular flexibility index (Phi) is 4.96. The fourth-order valence-electron chi connectivity index (χ4n) is 1.35. The first-order valence-electron chi connectivity index (χ1n) is 5.26. The molecule has 0 aromatic heterocycles. The molecule has 0 fully saturated rings. The van der Waals surface area contributed by atoms with Gasteiger partial charge in [0.2, 0.25) is 0 Å². The van der Waals surface area contributed by atoms with Gasteiger partial charge in [0.25, 0.3) is 5.91 Å². The lowest BCUT2D eigenvalue weighted by atomic mass is 10.1. The van der Waals surface area contributed by atoms with E-state index < -0.39 is 0 Å². The van der Waals surface area contributed by atoms with Gasteiger partial charge in [-0.05, 0) is 41.4 Å². The average molecular weight is 286 g/mol. The first-order chi connectivity index (χ1) is 7.58. The molecule has 1 aromatic carbocycles. The zero-order chi connectivity index (χ0) is 12.1. The third-order valence-corrected chi connectivity index (χ3v) is 3.11. The minimum Gasteiger partial charge on any atom is -0.394 e. The summed E-state index contributed by atoms with van der Waals surface area (Å²) in [5.41, 5.74) is 1.64. The van der Waals surface area contributed by atoms with Gasteiger partial charge in [-0.1, -0.05) is 18.6 Å². The van der Waals surface area contributed by atoms with Crippen molar-refractivity contribution in [1.29, 1.82) is 0 Å². The number of hydrogen-bond acceptors (Lipinski definition) is 2. The number of aliphatic hydroxyl groups excluding tert-OH is 1. The number of aryl methyl sites for hydroxylation is 1. The van der Waals surface area contributed by atoms with Crippen LogP contribution in [0.3, 0.4) is 0 Å². The molecule has 0 saturated carbocycles. The van der Waals surface area contributed by atoms with Crippen molar-refractivity contribution in [2.45, 2.75) is 26.3 Å². The predicted molar refractivity (Wildman–Crippen MR) is 67.5 cm³/mol. The molecule has 0 spiro atoms. The molecule has 2 N–H and O–H groups in total. The van der Waals surface area contributed by atoms with Gasteiger partial charge >= 0.3 is 0 Å². The van der Waals surface area contributed by atoms with Gasteiger partial charge < -0.3 is 10.4 Å². The zero-order valence-electron chi connectivity index (χ0n) is 9.46. The highest BCUT2D eigenvalue weighted by Gasteiger charge is 2.13. The second kappa shape index (κ2) is 6.01. The van der Waals surface area contributed by atoms with Gasteiger partial charge in [-0.25, -0.2) is 0 Å². The van der Waals surface area contributed by atoms with Crippen molar-refractivity contribution >= 4 is 21.8 Å². The molecule has 0 aliphatic rings. The number of halogens is 1. The van der Waals surface area contributed by atoms with E-state index in [0.717, 1.165) is 10.0 Å². The van der Waals surface area contributed by atoms with E-state index in [2.05, 4.69) is 21.2 Å². The molecular formula is C12H16BrNO2. The van der Waals surface area contributed by atoms with E-state index in [1.54, 1.807) is 0 Å². The molecule has 1 aromatic rings. The summed E-state index contributed by atoms with van der Waals surface area (Å²) in [5, 5.41) is 11.8. The van der Waals surface area contributed by atoms with Crippen molar-refractivity contribution < 1.29 is 9.90 Å².